The highest BCUT2D eigenvalue weighted by atomic mass is 16.5. The number of hydrogen-bond acceptors (Lipinski definition) is 4. The molecule has 3 aromatic rings. The summed E-state index contributed by atoms with van der Waals surface area (Å²) >= 11 is 0. The standard InChI is InChI=1S/C22H25N3O2/c1-14(2)25(22(26)19-11-16(4)9-17(5)12-19)13-20-23-21(24-27-20)18-8-6-7-15(3)10-18/h6-12,14H,13H2,1-5H3. The van der Waals surface area contributed by atoms with E-state index in [2.05, 4.69) is 16.2 Å². The van der Waals surface area contributed by atoms with E-state index in [-0.39, 0.29) is 18.5 Å². The number of carbonyl (C=O) groups excluding carboxylic acids is 1. The predicted molar refractivity (Wildman–Crippen MR) is 105 cm³/mol. The van der Waals surface area contributed by atoms with Crippen LogP contribution in [-0.4, -0.2) is 27.0 Å². The molecular formula is C22H25N3O2. The summed E-state index contributed by atoms with van der Waals surface area (Å²) in [6, 6.07) is 13.8. The normalized spacial score (nSPS) is 11.0. The molecule has 0 spiro atoms. The molecule has 0 saturated carbocycles. The Hall–Kier alpha value is -2.95. The fourth-order valence-corrected chi connectivity index (χ4v) is 3.12. The molecular weight excluding hydrogens is 338 g/mol. The monoisotopic (exact) mass is 363 g/mol. The van der Waals surface area contributed by atoms with Gasteiger partial charge in [0.25, 0.3) is 5.91 Å². The molecule has 0 unspecified atom stereocenters. The van der Waals surface area contributed by atoms with Crippen LogP contribution < -0.4 is 0 Å². The summed E-state index contributed by atoms with van der Waals surface area (Å²) in [4.78, 5) is 19.3. The number of hydrogen-bond donors (Lipinski definition) is 0. The smallest absolute Gasteiger partial charge is 0.254 e. The number of benzene rings is 2. The second kappa shape index (κ2) is 7.74. The lowest BCUT2D eigenvalue weighted by molar-refractivity contribution is 0.0667. The molecule has 0 saturated heterocycles. The lowest BCUT2D eigenvalue weighted by Gasteiger charge is -2.25. The topological polar surface area (TPSA) is 59.2 Å². The van der Waals surface area contributed by atoms with Crippen molar-refractivity contribution in [3.8, 4) is 11.4 Å². The maximum atomic E-state index is 13.1. The van der Waals surface area contributed by atoms with Gasteiger partial charge in [0.2, 0.25) is 11.7 Å². The zero-order valence-corrected chi connectivity index (χ0v) is 16.5. The molecule has 3 rings (SSSR count). The first-order valence-corrected chi connectivity index (χ1v) is 9.12. The van der Waals surface area contributed by atoms with Gasteiger partial charge in [0.05, 0.1) is 0 Å². The van der Waals surface area contributed by atoms with Crippen molar-refractivity contribution in [2.75, 3.05) is 0 Å². The van der Waals surface area contributed by atoms with E-state index in [1.165, 1.54) is 0 Å². The van der Waals surface area contributed by atoms with Crippen LogP contribution in [0.4, 0.5) is 0 Å². The summed E-state index contributed by atoms with van der Waals surface area (Å²) in [6.07, 6.45) is 0. The summed E-state index contributed by atoms with van der Waals surface area (Å²) in [5, 5.41) is 4.08. The largest absolute Gasteiger partial charge is 0.337 e. The number of nitrogens with zero attached hydrogens (tertiary/aromatic N) is 3. The predicted octanol–water partition coefficient (Wildman–Crippen LogP) is 4.71. The van der Waals surface area contributed by atoms with E-state index in [1.54, 1.807) is 4.90 Å². The van der Waals surface area contributed by atoms with Crippen molar-refractivity contribution in [1.29, 1.82) is 0 Å². The maximum Gasteiger partial charge on any atom is 0.254 e. The van der Waals surface area contributed by atoms with Gasteiger partial charge in [0.1, 0.15) is 6.54 Å². The number of rotatable bonds is 5. The third kappa shape index (κ3) is 4.42. The van der Waals surface area contributed by atoms with Gasteiger partial charge in [-0.1, -0.05) is 46.1 Å². The van der Waals surface area contributed by atoms with E-state index >= 15 is 0 Å². The Labute approximate surface area is 160 Å². The van der Waals surface area contributed by atoms with Crippen LogP contribution in [-0.2, 0) is 6.54 Å². The molecule has 0 aliphatic heterocycles. The van der Waals surface area contributed by atoms with Gasteiger partial charge in [-0.2, -0.15) is 4.98 Å². The molecule has 0 aliphatic carbocycles. The van der Waals surface area contributed by atoms with Crippen LogP contribution in [0.15, 0.2) is 47.0 Å². The van der Waals surface area contributed by atoms with Crippen LogP contribution in [0.5, 0.6) is 0 Å². The van der Waals surface area contributed by atoms with E-state index < -0.39 is 0 Å². The molecule has 1 aromatic heterocycles. The lowest BCUT2D eigenvalue weighted by Crippen LogP contribution is -2.36. The van der Waals surface area contributed by atoms with Crippen LogP contribution in [0.25, 0.3) is 11.4 Å². The summed E-state index contributed by atoms with van der Waals surface area (Å²) in [5.74, 6) is 0.932. The lowest BCUT2D eigenvalue weighted by atomic mass is 10.1. The Balaban J connectivity index is 1.84. The van der Waals surface area contributed by atoms with Crippen LogP contribution in [0.1, 0.15) is 46.8 Å². The van der Waals surface area contributed by atoms with Crippen LogP contribution in [0.2, 0.25) is 0 Å². The van der Waals surface area contributed by atoms with E-state index in [0.29, 0.717) is 17.3 Å². The summed E-state index contributed by atoms with van der Waals surface area (Å²) in [6.45, 7) is 10.3. The van der Waals surface area contributed by atoms with Crippen molar-refractivity contribution in [1.82, 2.24) is 15.0 Å². The highest BCUT2D eigenvalue weighted by molar-refractivity contribution is 5.94. The minimum atomic E-state index is -0.0351. The fraction of sp³-hybridized carbons (Fsp3) is 0.318. The van der Waals surface area contributed by atoms with Crippen LogP contribution in [0.3, 0.4) is 0 Å². The first kappa shape index (κ1) is 18.8. The molecule has 0 bridgehead atoms. The molecule has 0 aliphatic rings. The summed E-state index contributed by atoms with van der Waals surface area (Å²) in [5.41, 5.74) is 4.86. The molecule has 1 amide bonds. The van der Waals surface area contributed by atoms with Gasteiger partial charge in [-0.25, -0.2) is 0 Å². The number of aryl methyl sites for hydroxylation is 3. The van der Waals surface area contributed by atoms with Gasteiger partial charge in [0.15, 0.2) is 0 Å². The Bertz CT molecular complexity index is 939. The van der Waals surface area contributed by atoms with E-state index in [1.807, 2.05) is 71.0 Å². The SMILES string of the molecule is Cc1cc(C)cc(C(=O)N(Cc2nc(-c3cccc(C)c3)no2)C(C)C)c1. The third-order valence-corrected chi connectivity index (χ3v) is 4.40. The number of aromatic nitrogens is 2. The zero-order chi connectivity index (χ0) is 19.6. The van der Waals surface area contributed by atoms with E-state index in [0.717, 1.165) is 22.3 Å². The zero-order valence-electron chi connectivity index (χ0n) is 16.5. The number of carbonyl (C=O) groups is 1. The molecule has 140 valence electrons. The molecule has 0 N–H and O–H groups in total. The highest BCUT2D eigenvalue weighted by Gasteiger charge is 2.22. The molecule has 5 heteroatoms. The Morgan fingerprint density at radius 1 is 1.04 bits per heavy atom. The second-order valence-corrected chi connectivity index (χ2v) is 7.28. The first-order valence-electron chi connectivity index (χ1n) is 9.12. The van der Waals surface area contributed by atoms with Crippen molar-refractivity contribution in [3.05, 3.63) is 70.6 Å². The van der Waals surface area contributed by atoms with E-state index in [4.69, 9.17) is 4.52 Å². The Morgan fingerprint density at radius 3 is 2.37 bits per heavy atom. The molecule has 0 fully saturated rings. The van der Waals surface area contributed by atoms with Crippen molar-refractivity contribution >= 4 is 5.91 Å². The van der Waals surface area contributed by atoms with Gasteiger partial charge >= 0.3 is 0 Å². The van der Waals surface area contributed by atoms with Crippen molar-refractivity contribution in [2.45, 2.75) is 47.2 Å². The molecule has 27 heavy (non-hydrogen) atoms. The summed E-state index contributed by atoms with van der Waals surface area (Å²) < 4.78 is 5.42. The van der Waals surface area contributed by atoms with Gasteiger partial charge in [-0.3, -0.25) is 4.79 Å². The van der Waals surface area contributed by atoms with Gasteiger partial charge < -0.3 is 9.42 Å². The average molecular weight is 363 g/mol. The van der Waals surface area contributed by atoms with Crippen molar-refractivity contribution in [2.24, 2.45) is 0 Å². The van der Waals surface area contributed by atoms with Gasteiger partial charge in [-0.05, 0) is 52.8 Å². The van der Waals surface area contributed by atoms with Crippen LogP contribution >= 0.6 is 0 Å². The summed E-state index contributed by atoms with van der Waals surface area (Å²) in [7, 11) is 0. The third-order valence-electron chi connectivity index (χ3n) is 4.40. The van der Waals surface area contributed by atoms with E-state index in [9.17, 15) is 4.79 Å². The van der Waals surface area contributed by atoms with Gasteiger partial charge in [-0.15, -0.1) is 0 Å². The first-order chi connectivity index (χ1) is 12.8. The van der Waals surface area contributed by atoms with Gasteiger partial charge in [0, 0.05) is 17.2 Å². The van der Waals surface area contributed by atoms with Crippen molar-refractivity contribution < 1.29 is 9.32 Å². The molecule has 2 aromatic carbocycles. The Kier molecular flexibility index (Phi) is 5.40. The molecule has 5 nitrogen and oxygen atoms in total. The second-order valence-electron chi connectivity index (χ2n) is 7.28. The quantitative estimate of drug-likeness (QED) is 0.658. The molecule has 1 heterocycles. The molecule has 0 radical (unpaired) electrons. The number of amides is 1. The minimum absolute atomic E-state index is 0.00707. The highest BCUT2D eigenvalue weighted by Crippen LogP contribution is 2.19. The minimum Gasteiger partial charge on any atom is -0.337 e. The Morgan fingerprint density at radius 2 is 1.74 bits per heavy atom. The fourth-order valence-electron chi connectivity index (χ4n) is 3.12. The van der Waals surface area contributed by atoms with Crippen molar-refractivity contribution in [3.63, 3.8) is 0 Å². The molecule has 0 atom stereocenters. The maximum absolute atomic E-state index is 13.1. The van der Waals surface area contributed by atoms with Crippen LogP contribution in [0, 0.1) is 20.8 Å². The average Bonchev–Trinajstić information content (AvgIpc) is 3.07.